The maximum Gasteiger partial charge on any atom is 0.250 e. The van der Waals surface area contributed by atoms with Gasteiger partial charge in [0, 0.05) is 11.1 Å². The third-order valence-corrected chi connectivity index (χ3v) is 9.54. The normalized spacial score (nSPS) is 14.0. The lowest BCUT2D eigenvalue weighted by atomic mass is 9.97. The van der Waals surface area contributed by atoms with Crippen molar-refractivity contribution in [3.8, 4) is 0 Å². The van der Waals surface area contributed by atoms with Crippen molar-refractivity contribution in [3.05, 3.63) is 71.8 Å². The van der Waals surface area contributed by atoms with Crippen LogP contribution < -0.4 is 0 Å². The van der Waals surface area contributed by atoms with E-state index in [4.69, 9.17) is 4.43 Å². The number of hydrogen-bond donors (Lipinski definition) is 1. The number of aliphatic hydroxyl groups is 1. The van der Waals surface area contributed by atoms with Crippen molar-refractivity contribution < 1.29 is 9.53 Å². The minimum Gasteiger partial charge on any atom is -0.543 e. The summed E-state index contributed by atoms with van der Waals surface area (Å²) >= 11 is 0. The smallest absolute Gasteiger partial charge is 0.250 e. The van der Waals surface area contributed by atoms with E-state index in [1.807, 2.05) is 55.5 Å². The van der Waals surface area contributed by atoms with E-state index < -0.39 is 14.4 Å². The molecule has 2 rings (SSSR count). The molecule has 25 heavy (non-hydrogen) atoms. The minimum atomic E-state index is -1.87. The van der Waals surface area contributed by atoms with Crippen molar-refractivity contribution in [2.75, 3.05) is 0 Å². The van der Waals surface area contributed by atoms with Crippen molar-refractivity contribution in [3.63, 3.8) is 0 Å². The van der Waals surface area contributed by atoms with Crippen molar-refractivity contribution in [1.82, 2.24) is 0 Å². The zero-order valence-electron chi connectivity index (χ0n) is 15.8. The molecule has 3 heteroatoms. The Labute approximate surface area is 153 Å². The molecule has 0 aliphatic carbocycles. The second-order valence-electron chi connectivity index (χ2n) is 6.50. The number of benzene rings is 2. The third-order valence-electron chi connectivity index (χ3n) is 5.03. The van der Waals surface area contributed by atoms with Crippen LogP contribution in [0.3, 0.4) is 0 Å². The van der Waals surface area contributed by atoms with Gasteiger partial charge in [-0.1, -0.05) is 81.4 Å². The van der Waals surface area contributed by atoms with Crippen LogP contribution in [0.25, 0.3) is 11.3 Å². The molecule has 0 fully saturated rings. The zero-order chi connectivity index (χ0) is 18.3. The van der Waals surface area contributed by atoms with Crippen LogP contribution in [0.2, 0.25) is 18.1 Å². The van der Waals surface area contributed by atoms with E-state index >= 15 is 0 Å². The highest BCUT2D eigenvalue weighted by Crippen LogP contribution is 2.35. The molecule has 0 aliphatic heterocycles. The SMILES string of the molecule is CC[Si](CC)(CC)O/C(=C(\c1ccccc1)C(C)O)c1ccccc1. The average Bonchev–Trinajstić information content (AvgIpc) is 2.66. The summed E-state index contributed by atoms with van der Waals surface area (Å²) in [7, 11) is -1.87. The molecule has 0 saturated heterocycles. The highest BCUT2D eigenvalue weighted by atomic mass is 28.4. The van der Waals surface area contributed by atoms with Crippen LogP contribution in [0.4, 0.5) is 0 Å². The molecule has 0 heterocycles. The Morgan fingerprint density at radius 1 is 0.840 bits per heavy atom. The summed E-state index contributed by atoms with van der Waals surface area (Å²) in [6, 6.07) is 23.5. The van der Waals surface area contributed by atoms with Crippen LogP contribution in [0, 0.1) is 0 Å². The standard InChI is InChI=1S/C22H30O2Si/c1-5-25(6-2,7-3)24-22(20-16-12-9-13-17-20)21(18(4)23)19-14-10-8-11-15-19/h8-18,23H,5-7H2,1-4H3/b22-21-. The van der Waals surface area contributed by atoms with Gasteiger partial charge in [-0.25, -0.2) is 0 Å². The summed E-state index contributed by atoms with van der Waals surface area (Å²) in [4.78, 5) is 0. The summed E-state index contributed by atoms with van der Waals surface area (Å²) in [5.74, 6) is 0.846. The number of hydrogen-bond acceptors (Lipinski definition) is 2. The molecule has 0 amide bonds. The van der Waals surface area contributed by atoms with E-state index in [0.29, 0.717) is 0 Å². The molecule has 0 saturated carbocycles. The van der Waals surface area contributed by atoms with E-state index in [-0.39, 0.29) is 0 Å². The lowest BCUT2D eigenvalue weighted by Crippen LogP contribution is -2.35. The molecule has 0 aliphatic rings. The molecule has 1 N–H and O–H groups in total. The Morgan fingerprint density at radius 2 is 1.28 bits per heavy atom. The molecule has 1 atom stereocenters. The van der Waals surface area contributed by atoms with Gasteiger partial charge in [0.05, 0.1) is 6.10 Å². The largest absolute Gasteiger partial charge is 0.543 e. The topological polar surface area (TPSA) is 29.5 Å². The molecule has 0 aromatic heterocycles. The highest BCUT2D eigenvalue weighted by Gasteiger charge is 2.33. The third kappa shape index (κ3) is 4.62. The monoisotopic (exact) mass is 354 g/mol. The van der Waals surface area contributed by atoms with Gasteiger partial charge in [0.15, 0.2) is 0 Å². The van der Waals surface area contributed by atoms with Gasteiger partial charge in [-0.05, 0) is 30.6 Å². The first-order valence-electron chi connectivity index (χ1n) is 9.29. The molecule has 134 valence electrons. The number of rotatable bonds is 8. The first-order chi connectivity index (χ1) is 12.1. The minimum absolute atomic E-state index is 0.602. The fourth-order valence-electron chi connectivity index (χ4n) is 3.22. The van der Waals surface area contributed by atoms with Gasteiger partial charge in [-0.15, -0.1) is 0 Å². The van der Waals surface area contributed by atoms with Gasteiger partial charge >= 0.3 is 0 Å². The Bertz CT molecular complexity index is 665. The Kier molecular flexibility index (Phi) is 7.03. The summed E-state index contributed by atoms with van der Waals surface area (Å²) in [6.07, 6.45) is -0.602. The average molecular weight is 355 g/mol. The van der Waals surface area contributed by atoms with Gasteiger partial charge in [0.2, 0.25) is 0 Å². The second kappa shape index (κ2) is 9.02. The van der Waals surface area contributed by atoms with Crippen molar-refractivity contribution in [2.45, 2.75) is 51.9 Å². The maximum absolute atomic E-state index is 10.6. The molecule has 2 aromatic carbocycles. The fourth-order valence-corrected chi connectivity index (χ4v) is 5.82. The van der Waals surface area contributed by atoms with Crippen molar-refractivity contribution in [2.24, 2.45) is 0 Å². The fraction of sp³-hybridized carbons (Fsp3) is 0.364. The summed E-state index contributed by atoms with van der Waals surface area (Å²) in [5, 5.41) is 10.6. The lowest BCUT2D eigenvalue weighted by molar-refractivity contribution is 0.252. The van der Waals surface area contributed by atoms with Crippen LogP contribution in [0.1, 0.15) is 38.8 Å². The van der Waals surface area contributed by atoms with Gasteiger partial charge in [-0.3, -0.25) is 0 Å². The number of aliphatic hydroxyl groups excluding tert-OH is 1. The van der Waals surface area contributed by atoms with E-state index in [2.05, 4.69) is 32.9 Å². The van der Waals surface area contributed by atoms with Gasteiger partial charge in [0.25, 0.3) is 8.32 Å². The van der Waals surface area contributed by atoms with E-state index in [9.17, 15) is 5.11 Å². The van der Waals surface area contributed by atoms with Crippen LogP contribution in [-0.2, 0) is 4.43 Å². The van der Waals surface area contributed by atoms with E-state index in [1.54, 1.807) is 0 Å². The van der Waals surface area contributed by atoms with Gasteiger partial charge < -0.3 is 9.53 Å². The quantitative estimate of drug-likeness (QED) is 0.360. The predicted molar refractivity (Wildman–Crippen MR) is 110 cm³/mol. The van der Waals surface area contributed by atoms with Gasteiger partial charge in [0.1, 0.15) is 5.76 Å². The van der Waals surface area contributed by atoms with Crippen LogP contribution in [-0.4, -0.2) is 19.5 Å². The maximum atomic E-state index is 10.6. The van der Waals surface area contributed by atoms with Crippen LogP contribution in [0.5, 0.6) is 0 Å². The molecule has 0 radical (unpaired) electrons. The zero-order valence-corrected chi connectivity index (χ0v) is 16.8. The van der Waals surface area contributed by atoms with Crippen molar-refractivity contribution >= 4 is 19.6 Å². The summed E-state index contributed by atoms with van der Waals surface area (Å²) in [6.45, 7) is 8.51. The van der Waals surface area contributed by atoms with Crippen molar-refractivity contribution in [1.29, 1.82) is 0 Å². The lowest BCUT2D eigenvalue weighted by Gasteiger charge is -2.32. The molecule has 0 bridgehead atoms. The van der Waals surface area contributed by atoms with Crippen LogP contribution >= 0.6 is 0 Å². The molecular formula is C22H30O2Si. The molecule has 0 spiro atoms. The van der Waals surface area contributed by atoms with Crippen LogP contribution in [0.15, 0.2) is 60.7 Å². The predicted octanol–water partition coefficient (Wildman–Crippen LogP) is 5.96. The summed E-state index contributed by atoms with van der Waals surface area (Å²) < 4.78 is 6.81. The van der Waals surface area contributed by atoms with Gasteiger partial charge in [-0.2, -0.15) is 0 Å². The van der Waals surface area contributed by atoms with E-state index in [0.717, 1.165) is 40.6 Å². The first kappa shape index (κ1) is 19.5. The molecule has 2 aromatic rings. The Hall–Kier alpha value is -1.84. The summed E-state index contributed by atoms with van der Waals surface area (Å²) in [5.41, 5.74) is 2.93. The Balaban J connectivity index is 2.68. The molecule has 1 unspecified atom stereocenters. The first-order valence-corrected chi connectivity index (χ1v) is 11.8. The second-order valence-corrected chi connectivity index (χ2v) is 11.2. The molecule has 2 nitrogen and oxygen atoms in total. The molecular weight excluding hydrogens is 324 g/mol. The Morgan fingerprint density at radius 3 is 1.68 bits per heavy atom. The highest BCUT2D eigenvalue weighted by molar-refractivity contribution is 6.74. The van der Waals surface area contributed by atoms with E-state index in [1.165, 1.54) is 0 Å².